The summed E-state index contributed by atoms with van der Waals surface area (Å²) in [6.45, 7) is 0.891. The number of rotatable bonds is 8. The van der Waals surface area contributed by atoms with E-state index >= 15 is 0 Å². The van der Waals surface area contributed by atoms with Crippen LogP contribution in [0.4, 0.5) is 0 Å². The molecule has 0 saturated heterocycles. The summed E-state index contributed by atoms with van der Waals surface area (Å²) in [5, 5.41) is 2.71. The van der Waals surface area contributed by atoms with E-state index in [4.69, 9.17) is 0 Å². The minimum absolute atomic E-state index is 0.214. The van der Waals surface area contributed by atoms with Crippen molar-refractivity contribution in [3.63, 3.8) is 0 Å². The second kappa shape index (κ2) is 10.9. The van der Waals surface area contributed by atoms with Crippen molar-refractivity contribution in [3.8, 4) is 0 Å². The first-order valence-electron chi connectivity index (χ1n) is 10.1. The van der Waals surface area contributed by atoms with Gasteiger partial charge in [0.15, 0.2) is 6.29 Å². The van der Waals surface area contributed by atoms with Crippen LogP contribution in [0.1, 0.15) is 32.6 Å². The molecule has 31 heavy (non-hydrogen) atoms. The summed E-state index contributed by atoms with van der Waals surface area (Å²) < 4.78 is 0. The van der Waals surface area contributed by atoms with Crippen LogP contribution in [-0.4, -0.2) is 31.2 Å². The minimum Gasteiger partial charge on any atom is -0.319 e. The fourth-order valence-electron chi connectivity index (χ4n) is 3.16. The Morgan fingerprint density at radius 1 is 0.839 bits per heavy atom. The predicted molar refractivity (Wildman–Crippen MR) is 127 cm³/mol. The second-order valence-electron chi connectivity index (χ2n) is 7.48. The molecule has 0 spiro atoms. The monoisotopic (exact) mass is 410 g/mol. The second-order valence-corrected chi connectivity index (χ2v) is 7.48. The van der Waals surface area contributed by atoms with Gasteiger partial charge in [-0.2, -0.15) is 0 Å². The van der Waals surface area contributed by atoms with Crippen LogP contribution in [-0.2, 0) is 11.3 Å². The van der Waals surface area contributed by atoms with E-state index in [1.54, 1.807) is 12.1 Å². The Hall–Kier alpha value is -3.76. The van der Waals surface area contributed by atoms with Gasteiger partial charge in [-0.1, -0.05) is 84.9 Å². The third-order valence-corrected chi connectivity index (χ3v) is 4.65. The molecule has 3 rings (SSSR count). The topological polar surface area (TPSA) is 49.4 Å². The molecule has 1 N–H and O–H groups in total. The van der Waals surface area contributed by atoms with Crippen molar-refractivity contribution < 1.29 is 9.59 Å². The highest BCUT2D eigenvalue weighted by Crippen LogP contribution is 2.15. The molecule has 156 valence electrons. The fourth-order valence-corrected chi connectivity index (χ4v) is 3.16. The third-order valence-electron chi connectivity index (χ3n) is 4.65. The van der Waals surface area contributed by atoms with Gasteiger partial charge in [0.25, 0.3) is 5.91 Å². The number of hydrogen-bond donors (Lipinski definition) is 1. The van der Waals surface area contributed by atoms with E-state index < -0.39 is 0 Å². The number of nitrogens with zero attached hydrogens (tertiary/aromatic N) is 1. The Morgan fingerprint density at radius 3 is 2.19 bits per heavy atom. The maximum absolute atomic E-state index is 12.8. The van der Waals surface area contributed by atoms with Crippen LogP contribution >= 0.6 is 0 Å². The van der Waals surface area contributed by atoms with Gasteiger partial charge in [-0.05, 0) is 48.5 Å². The summed E-state index contributed by atoms with van der Waals surface area (Å²) in [6, 6.07) is 25.0. The summed E-state index contributed by atoms with van der Waals surface area (Å²) in [4.78, 5) is 26.4. The highest BCUT2D eigenvalue weighted by atomic mass is 16.2. The van der Waals surface area contributed by atoms with Crippen LogP contribution in [0, 0.1) is 0 Å². The number of carbonyl (C=O) groups is 2. The number of amides is 1. The van der Waals surface area contributed by atoms with E-state index in [1.165, 1.54) is 5.56 Å². The number of aldehydes is 1. The zero-order chi connectivity index (χ0) is 22.1. The lowest BCUT2D eigenvalue weighted by atomic mass is 10.0. The molecule has 0 fully saturated rings. The summed E-state index contributed by atoms with van der Waals surface area (Å²) in [6.07, 6.45) is 6.20. The largest absolute Gasteiger partial charge is 0.319 e. The molecule has 4 heteroatoms. The molecule has 0 atom stereocenters. The summed E-state index contributed by atoms with van der Waals surface area (Å²) in [7, 11) is 4.09. The van der Waals surface area contributed by atoms with Crippen molar-refractivity contribution in [3.05, 3.63) is 112 Å². The summed E-state index contributed by atoms with van der Waals surface area (Å²) >= 11 is 0. The van der Waals surface area contributed by atoms with Crippen LogP contribution in [0.3, 0.4) is 0 Å². The molecule has 0 aliphatic carbocycles. The molecule has 0 aromatic heterocycles. The minimum atomic E-state index is -0.323. The lowest BCUT2D eigenvalue weighted by Crippen LogP contribution is -2.24. The van der Waals surface area contributed by atoms with Crippen LogP contribution in [0.25, 0.3) is 18.2 Å². The zero-order valence-corrected chi connectivity index (χ0v) is 17.8. The first kappa shape index (κ1) is 21.9. The predicted octanol–water partition coefficient (Wildman–Crippen LogP) is 4.89. The smallest absolute Gasteiger partial charge is 0.256 e. The van der Waals surface area contributed by atoms with Crippen molar-refractivity contribution in [1.29, 1.82) is 0 Å². The van der Waals surface area contributed by atoms with E-state index in [0.717, 1.165) is 23.2 Å². The maximum atomic E-state index is 12.8. The van der Waals surface area contributed by atoms with Crippen LogP contribution < -0.4 is 5.32 Å². The molecular formula is C27H26N2O2. The van der Waals surface area contributed by atoms with Gasteiger partial charge < -0.3 is 10.2 Å². The molecular weight excluding hydrogens is 384 g/mol. The third kappa shape index (κ3) is 6.63. The van der Waals surface area contributed by atoms with Gasteiger partial charge in [-0.25, -0.2) is 0 Å². The van der Waals surface area contributed by atoms with Crippen LogP contribution in [0.2, 0.25) is 0 Å². The van der Waals surface area contributed by atoms with Gasteiger partial charge >= 0.3 is 0 Å². The fraction of sp³-hybridized carbons (Fsp3) is 0.111. The van der Waals surface area contributed by atoms with Crippen LogP contribution in [0.15, 0.2) is 84.6 Å². The molecule has 3 aromatic carbocycles. The quantitative estimate of drug-likeness (QED) is 0.327. The molecule has 1 amide bonds. The van der Waals surface area contributed by atoms with Gasteiger partial charge in [-0.3, -0.25) is 9.59 Å². The van der Waals surface area contributed by atoms with Crippen molar-refractivity contribution in [1.82, 2.24) is 10.2 Å². The van der Waals surface area contributed by atoms with Crippen molar-refractivity contribution >= 4 is 30.4 Å². The average molecular weight is 411 g/mol. The number of carbonyl (C=O) groups excluding carboxylic acids is 2. The Labute approximate surface area is 183 Å². The van der Waals surface area contributed by atoms with Crippen molar-refractivity contribution in [2.45, 2.75) is 6.54 Å². The van der Waals surface area contributed by atoms with Crippen molar-refractivity contribution in [2.24, 2.45) is 0 Å². The first-order chi connectivity index (χ1) is 15.0. The normalized spacial score (nSPS) is 11.6. The van der Waals surface area contributed by atoms with E-state index in [2.05, 4.69) is 34.5 Å². The zero-order valence-electron chi connectivity index (χ0n) is 17.8. The van der Waals surface area contributed by atoms with Gasteiger partial charge in [0.2, 0.25) is 0 Å². The summed E-state index contributed by atoms with van der Waals surface area (Å²) in [5.41, 5.74) is 4.64. The highest BCUT2D eigenvalue weighted by molar-refractivity contribution is 6.02. The lowest BCUT2D eigenvalue weighted by Gasteiger charge is -2.09. The molecule has 0 radical (unpaired) electrons. The number of allylic oxidation sites excluding steroid dienone is 1. The van der Waals surface area contributed by atoms with Crippen molar-refractivity contribution in [2.75, 3.05) is 14.1 Å². The van der Waals surface area contributed by atoms with E-state index in [1.807, 2.05) is 74.8 Å². The lowest BCUT2D eigenvalue weighted by molar-refractivity contribution is -0.105. The van der Waals surface area contributed by atoms with E-state index in [0.29, 0.717) is 11.8 Å². The standard InChI is InChI=1S/C27H26N2O2/c1-29(2)19-23-14-12-21(13-15-23)16-17-24-10-6-7-11-26(24)27(31)28-25(20-30)18-22-8-4-3-5-9-22/h3-18,20H,19H2,1-2H3,(H,28,31)/b17-16+,25-18+. The Bertz CT molecular complexity index is 1080. The first-order valence-corrected chi connectivity index (χ1v) is 10.1. The van der Waals surface area contributed by atoms with E-state index in [-0.39, 0.29) is 11.6 Å². The number of nitrogens with one attached hydrogen (secondary N) is 1. The SMILES string of the molecule is CN(C)Cc1ccc(/C=C/c2ccccc2C(=O)N/C(C=O)=C/c2ccccc2)cc1. The number of benzene rings is 3. The Kier molecular flexibility index (Phi) is 7.68. The van der Waals surface area contributed by atoms with Gasteiger partial charge in [-0.15, -0.1) is 0 Å². The highest BCUT2D eigenvalue weighted by Gasteiger charge is 2.11. The Balaban J connectivity index is 1.76. The molecule has 4 nitrogen and oxygen atoms in total. The molecule has 0 heterocycles. The van der Waals surface area contributed by atoms with Gasteiger partial charge in [0.05, 0.1) is 5.70 Å². The maximum Gasteiger partial charge on any atom is 0.256 e. The van der Waals surface area contributed by atoms with E-state index in [9.17, 15) is 9.59 Å². The van der Waals surface area contributed by atoms with Gasteiger partial charge in [0.1, 0.15) is 0 Å². The summed E-state index contributed by atoms with van der Waals surface area (Å²) in [5.74, 6) is -0.323. The average Bonchev–Trinajstić information content (AvgIpc) is 2.78. The van der Waals surface area contributed by atoms with Crippen LogP contribution in [0.5, 0.6) is 0 Å². The molecule has 0 aliphatic heterocycles. The molecule has 3 aromatic rings. The Morgan fingerprint density at radius 2 is 1.52 bits per heavy atom. The number of hydrogen-bond acceptors (Lipinski definition) is 3. The molecule has 0 bridgehead atoms. The molecule has 0 unspecified atom stereocenters. The molecule has 0 aliphatic rings. The molecule has 0 saturated carbocycles. The van der Waals surface area contributed by atoms with Gasteiger partial charge in [0, 0.05) is 12.1 Å².